The highest BCUT2D eigenvalue weighted by atomic mass is 32.2. The van der Waals surface area contributed by atoms with E-state index in [1.165, 1.54) is 0 Å². The van der Waals surface area contributed by atoms with Gasteiger partial charge in [-0.15, -0.1) is 0 Å². The molecule has 0 atom stereocenters. The van der Waals surface area contributed by atoms with Crippen LogP contribution in [0.1, 0.15) is 5.56 Å². The smallest absolute Gasteiger partial charge is 0.270 e. The molecular formula is C9H9FN2O7S. The van der Waals surface area contributed by atoms with Gasteiger partial charge in [0.2, 0.25) is 0 Å². The summed E-state index contributed by atoms with van der Waals surface area (Å²) in [5.41, 5.74) is -2.01. The van der Waals surface area contributed by atoms with Crippen molar-refractivity contribution in [2.75, 3.05) is 12.9 Å². The highest BCUT2D eigenvalue weighted by Crippen LogP contribution is 2.28. The van der Waals surface area contributed by atoms with Gasteiger partial charge in [-0.3, -0.25) is 24.4 Å². The van der Waals surface area contributed by atoms with Crippen molar-refractivity contribution in [3.05, 3.63) is 43.7 Å². The molecule has 20 heavy (non-hydrogen) atoms. The third-order valence-electron chi connectivity index (χ3n) is 2.21. The molecule has 110 valence electrons. The van der Waals surface area contributed by atoms with E-state index in [4.69, 9.17) is 0 Å². The summed E-state index contributed by atoms with van der Waals surface area (Å²) in [6, 6.07) is 1.14. The lowest BCUT2D eigenvalue weighted by atomic mass is 10.1. The van der Waals surface area contributed by atoms with Crippen LogP contribution < -0.4 is 0 Å². The van der Waals surface area contributed by atoms with Gasteiger partial charge in [-0.2, -0.15) is 8.42 Å². The average molecular weight is 308 g/mol. The zero-order valence-electron chi connectivity index (χ0n) is 10.1. The van der Waals surface area contributed by atoms with Crippen molar-refractivity contribution in [2.45, 2.75) is 6.42 Å². The number of nitro groups is 2. The average Bonchev–Trinajstić information content (AvgIpc) is 2.28. The van der Waals surface area contributed by atoms with Gasteiger partial charge in [0.1, 0.15) is 5.82 Å². The largest absolute Gasteiger partial charge is 0.282 e. The van der Waals surface area contributed by atoms with Gasteiger partial charge in [0.25, 0.3) is 21.5 Å². The second-order valence-electron chi connectivity index (χ2n) is 3.72. The van der Waals surface area contributed by atoms with Gasteiger partial charge in [-0.25, -0.2) is 4.39 Å². The van der Waals surface area contributed by atoms with Gasteiger partial charge in [0.05, 0.1) is 40.4 Å². The maximum absolute atomic E-state index is 13.6. The van der Waals surface area contributed by atoms with E-state index in [-0.39, 0.29) is 0 Å². The minimum Gasteiger partial charge on any atom is -0.270 e. The number of nitrogens with zero attached hydrogens (tertiary/aromatic N) is 2. The summed E-state index contributed by atoms with van der Waals surface area (Å²) in [4.78, 5) is 19.3. The van der Waals surface area contributed by atoms with Crippen LogP contribution in [0.15, 0.2) is 12.1 Å². The van der Waals surface area contributed by atoms with Crippen molar-refractivity contribution >= 4 is 21.5 Å². The molecule has 0 aliphatic rings. The molecule has 0 amide bonds. The van der Waals surface area contributed by atoms with E-state index >= 15 is 0 Å². The molecule has 1 rings (SSSR count). The van der Waals surface area contributed by atoms with Crippen LogP contribution in [-0.4, -0.2) is 31.1 Å². The fourth-order valence-corrected chi connectivity index (χ4v) is 1.81. The number of halogens is 1. The Labute approximate surface area is 112 Å². The van der Waals surface area contributed by atoms with E-state index < -0.39 is 55.7 Å². The Balaban J connectivity index is 3.12. The van der Waals surface area contributed by atoms with E-state index in [2.05, 4.69) is 4.18 Å². The third-order valence-corrected chi connectivity index (χ3v) is 2.81. The van der Waals surface area contributed by atoms with Crippen LogP contribution >= 0.6 is 0 Å². The summed E-state index contributed by atoms with van der Waals surface area (Å²) in [6.07, 6.45) is 0.362. The second kappa shape index (κ2) is 5.88. The van der Waals surface area contributed by atoms with Crippen molar-refractivity contribution in [3.8, 4) is 0 Å². The molecule has 0 heterocycles. The van der Waals surface area contributed by atoms with Gasteiger partial charge >= 0.3 is 0 Å². The number of non-ortho nitro benzene ring substituents is 1. The van der Waals surface area contributed by atoms with Gasteiger partial charge in [-0.1, -0.05) is 0 Å². The van der Waals surface area contributed by atoms with E-state index in [0.717, 1.165) is 6.26 Å². The lowest BCUT2D eigenvalue weighted by Gasteiger charge is -2.05. The molecule has 0 N–H and O–H groups in total. The molecule has 0 saturated carbocycles. The monoisotopic (exact) mass is 308 g/mol. The van der Waals surface area contributed by atoms with Crippen molar-refractivity contribution < 1.29 is 26.8 Å². The van der Waals surface area contributed by atoms with E-state index in [1.54, 1.807) is 0 Å². The Morgan fingerprint density at radius 3 is 2.30 bits per heavy atom. The standard InChI is InChI=1S/C9H9FN2O7S/c1-20(17,18)19-3-2-7-8(10)4-6(11(13)14)5-9(7)12(15)16/h4-5H,2-3H2,1H3. The molecule has 0 fully saturated rings. The maximum atomic E-state index is 13.6. The Morgan fingerprint density at radius 1 is 1.25 bits per heavy atom. The van der Waals surface area contributed by atoms with Crippen LogP contribution in [0.3, 0.4) is 0 Å². The number of nitro benzene ring substituents is 2. The summed E-state index contributed by atoms with van der Waals surface area (Å²) in [5, 5.41) is 21.3. The minimum atomic E-state index is -3.76. The molecule has 0 radical (unpaired) electrons. The molecule has 0 bridgehead atoms. The highest BCUT2D eigenvalue weighted by molar-refractivity contribution is 7.85. The van der Waals surface area contributed by atoms with E-state index in [0.29, 0.717) is 12.1 Å². The summed E-state index contributed by atoms with van der Waals surface area (Å²) in [6.45, 7) is -0.506. The van der Waals surface area contributed by atoms with Gasteiger partial charge < -0.3 is 0 Å². The fourth-order valence-electron chi connectivity index (χ4n) is 1.42. The molecule has 0 unspecified atom stereocenters. The zero-order chi connectivity index (χ0) is 15.5. The molecule has 0 saturated heterocycles. The molecule has 0 aliphatic heterocycles. The van der Waals surface area contributed by atoms with Crippen LogP contribution in [0.25, 0.3) is 0 Å². The minimum absolute atomic E-state index is 0.410. The van der Waals surface area contributed by atoms with Crippen molar-refractivity contribution in [2.24, 2.45) is 0 Å². The van der Waals surface area contributed by atoms with Gasteiger partial charge in [0.15, 0.2) is 0 Å². The number of benzene rings is 1. The lowest BCUT2D eigenvalue weighted by molar-refractivity contribution is -0.394. The number of rotatable bonds is 6. The fraction of sp³-hybridized carbons (Fsp3) is 0.333. The van der Waals surface area contributed by atoms with Crippen LogP contribution in [0.2, 0.25) is 0 Å². The van der Waals surface area contributed by atoms with Crippen molar-refractivity contribution in [1.29, 1.82) is 0 Å². The van der Waals surface area contributed by atoms with Crippen LogP contribution in [0.4, 0.5) is 15.8 Å². The van der Waals surface area contributed by atoms with Gasteiger partial charge in [-0.05, 0) is 0 Å². The Bertz CT molecular complexity index is 659. The molecule has 0 spiro atoms. The van der Waals surface area contributed by atoms with Crippen LogP contribution in [-0.2, 0) is 20.7 Å². The first-order chi connectivity index (χ1) is 9.11. The molecule has 11 heteroatoms. The Morgan fingerprint density at radius 2 is 1.85 bits per heavy atom. The number of hydrogen-bond donors (Lipinski definition) is 0. The first-order valence-corrected chi connectivity index (χ1v) is 6.89. The summed E-state index contributed by atoms with van der Waals surface area (Å²) >= 11 is 0. The predicted octanol–water partition coefficient (Wildman–Crippen LogP) is 1.16. The maximum Gasteiger partial charge on any atom is 0.282 e. The first-order valence-electron chi connectivity index (χ1n) is 5.07. The van der Waals surface area contributed by atoms with Crippen LogP contribution in [0, 0.1) is 26.0 Å². The molecule has 9 nitrogen and oxygen atoms in total. The Hall–Kier alpha value is -2.14. The Kier molecular flexibility index (Phi) is 4.68. The highest BCUT2D eigenvalue weighted by Gasteiger charge is 2.24. The molecule has 0 aromatic heterocycles. The molecule has 0 aliphatic carbocycles. The van der Waals surface area contributed by atoms with Crippen molar-refractivity contribution in [1.82, 2.24) is 0 Å². The topological polar surface area (TPSA) is 130 Å². The third kappa shape index (κ3) is 4.20. The molecule has 1 aromatic carbocycles. The molecule has 1 aromatic rings. The van der Waals surface area contributed by atoms with Gasteiger partial charge in [0, 0.05) is 6.42 Å². The van der Waals surface area contributed by atoms with Crippen LogP contribution in [0.5, 0.6) is 0 Å². The molecular weight excluding hydrogens is 299 g/mol. The predicted molar refractivity (Wildman–Crippen MR) is 64.2 cm³/mol. The summed E-state index contributed by atoms with van der Waals surface area (Å²) in [5.74, 6) is -1.16. The normalized spacial score (nSPS) is 11.3. The first kappa shape index (κ1) is 15.9. The quantitative estimate of drug-likeness (QED) is 0.438. The number of hydrogen-bond acceptors (Lipinski definition) is 7. The summed E-state index contributed by atoms with van der Waals surface area (Å²) < 4.78 is 39.4. The van der Waals surface area contributed by atoms with E-state index in [1.807, 2.05) is 0 Å². The van der Waals surface area contributed by atoms with E-state index in [9.17, 15) is 33.0 Å². The summed E-state index contributed by atoms with van der Waals surface area (Å²) in [7, 11) is -3.76. The lowest BCUT2D eigenvalue weighted by Crippen LogP contribution is -2.09. The SMILES string of the molecule is CS(=O)(=O)OCCc1c(F)cc([N+](=O)[O-])cc1[N+](=O)[O-]. The zero-order valence-corrected chi connectivity index (χ0v) is 10.9. The van der Waals surface area contributed by atoms with Crippen molar-refractivity contribution in [3.63, 3.8) is 0 Å². The second-order valence-corrected chi connectivity index (χ2v) is 5.36.